The summed E-state index contributed by atoms with van der Waals surface area (Å²) < 4.78 is 22.4. The molecule has 0 heterocycles. The molecule has 0 saturated carbocycles. The lowest BCUT2D eigenvalue weighted by molar-refractivity contribution is -0.146. The largest absolute Gasteiger partial charge is 0.468 e. The first-order valence-corrected chi connectivity index (χ1v) is 7.75. The molecule has 1 unspecified atom stereocenters. The summed E-state index contributed by atoms with van der Waals surface area (Å²) in [6.07, 6.45) is 0. The summed E-state index contributed by atoms with van der Waals surface area (Å²) in [6, 6.07) is 11.7. The molecule has 1 N–H and O–H groups in total. The number of amides is 1. The molecule has 0 aromatic heterocycles. The van der Waals surface area contributed by atoms with Crippen LogP contribution in [0.5, 0.6) is 0 Å². The number of hydrogen-bond donors (Lipinski definition) is 1. The van der Waals surface area contributed by atoms with Crippen molar-refractivity contribution in [3.63, 3.8) is 0 Å². The molecule has 2 rings (SSSR count). The van der Waals surface area contributed by atoms with Crippen molar-refractivity contribution >= 4 is 17.8 Å². The van der Waals surface area contributed by atoms with E-state index in [9.17, 15) is 18.8 Å². The lowest BCUT2D eigenvalue weighted by Gasteiger charge is -2.17. The van der Waals surface area contributed by atoms with Gasteiger partial charge in [-0.05, 0) is 29.3 Å². The van der Waals surface area contributed by atoms with Crippen molar-refractivity contribution in [2.75, 3.05) is 14.2 Å². The molecule has 2 aromatic rings. The van der Waals surface area contributed by atoms with Crippen molar-refractivity contribution in [3.05, 3.63) is 71.0 Å². The molecule has 0 saturated heterocycles. The fourth-order valence-electron chi connectivity index (χ4n) is 2.43. The van der Waals surface area contributed by atoms with E-state index >= 15 is 0 Å². The second-order valence-electron chi connectivity index (χ2n) is 5.38. The molecular weight excluding hydrogens is 341 g/mol. The van der Waals surface area contributed by atoms with E-state index in [1.807, 2.05) is 0 Å². The molecule has 0 aliphatic carbocycles. The Bertz CT molecular complexity index is 804. The van der Waals surface area contributed by atoms with Gasteiger partial charge in [0, 0.05) is 6.54 Å². The molecule has 1 amide bonds. The normalized spacial score (nSPS) is 11.3. The topological polar surface area (TPSA) is 81.7 Å². The van der Waals surface area contributed by atoms with Crippen molar-refractivity contribution in [1.82, 2.24) is 5.32 Å². The van der Waals surface area contributed by atoms with Crippen LogP contribution >= 0.6 is 0 Å². The Morgan fingerprint density at radius 3 is 2.27 bits per heavy atom. The van der Waals surface area contributed by atoms with E-state index in [4.69, 9.17) is 9.47 Å². The third-order valence-electron chi connectivity index (χ3n) is 3.76. The average molecular weight is 359 g/mol. The van der Waals surface area contributed by atoms with Crippen LogP contribution in [0.2, 0.25) is 0 Å². The zero-order chi connectivity index (χ0) is 19.1. The number of halogens is 1. The predicted octanol–water partition coefficient (Wildman–Crippen LogP) is 2.19. The van der Waals surface area contributed by atoms with Crippen molar-refractivity contribution in [2.24, 2.45) is 0 Å². The van der Waals surface area contributed by atoms with E-state index in [0.29, 0.717) is 5.56 Å². The van der Waals surface area contributed by atoms with Crippen LogP contribution in [-0.4, -0.2) is 32.1 Å². The summed E-state index contributed by atoms with van der Waals surface area (Å²) in [4.78, 5) is 36.7. The number of rotatable bonds is 6. The summed E-state index contributed by atoms with van der Waals surface area (Å²) >= 11 is 0. The Hall–Kier alpha value is -3.22. The summed E-state index contributed by atoms with van der Waals surface area (Å²) in [6.45, 7) is 0.0903. The quantitative estimate of drug-likeness (QED) is 0.632. The van der Waals surface area contributed by atoms with Crippen molar-refractivity contribution in [2.45, 2.75) is 12.5 Å². The summed E-state index contributed by atoms with van der Waals surface area (Å²) in [5.41, 5.74) is 0.940. The van der Waals surface area contributed by atoms with Gasteiger partial charge in [-0.25, -0.2) is 9.18 Å². The van der Waals surface area contributed by atoms with Crippen LogP contribution in [0, 0.1) is 5.82 Å². The summed E-state index contributed by atoms with van der Waals surface area (Å²) in [7, 11) is 2.37. The maximum absolute atomic E-state index is 12.9. The molecular formula is C19H18FNO5. The minimum Gasteiger partial charge on any atom is -0.468 e. The molecule has 2 aromatic carbocycles. The van der Waals surface area contributed by atoms with Crippen LogP contribution in [0.4, 0.5) is 4.39 Å². The fourth-order valence-corrected chi connectivity index (χ4v) is 2.43. The lowest BCUT2D eigenvalue weighted by atomic mass is 9.93. The second kappa shape index (κ2) is 8.75. The van der Waals surface area contributed by atoms with Crippen LogP contribution in [0.25, 0.3) is 0 Å². The smallest absolute Gasteiger partial charge is 0.338 e. The Morgan fingerprint density at radius 1 is 1.00 bits per heavy atom. The first-order valence-electron chi connectivity index (χ1n) is 7.75. The SMILES string of the molecule is COC(=O)c1ccccc1C(C(=O)NCc1ccc(F)cc1)C(=O)OC. The van der Waals surface area contributed by atoms with Gasteiger partial charge in [0.2, 0.25) is 5.91 Å². The zero-order valence-corrected chi connectivity index (χ0v) is 14.3. The van der Waals surface area contributed by atoms with Gasteiger partial charge >= 0.3 is 11.9 Å². The minimum absolute atomic E-state index is 0.0903. The monoisotopic (exact) mass is 359 g/mol. The van der Waals surface area contributed by atoms with Crippen LogP contribution in [0.3, 0.4) is 0 Å². The van der Waals surface area contributed by atoms with Gasteiger partial charge in [-0.3, -0.25) is 9.59 Å². The van der Waals surface area contributed by atoms with E-state index in [0.717, 1.165) is 7.11 Å². The van der Waals surface area contributed by atoms with Gasteiger partial charge in [0.1, 0.15) is 5.82 Å². The second-order valence-corrected chi connectivity index (χ2v) is 5.38. The number of esters is 2. The van der Waals surface area contributed by atoms with E-state index in [2.05, 4.69) is 5.32 Å². The van der Waals surface area contributed by atoms with Gasteiger partial charge in [0.05, 0.1) is 19.8 Å². The number of carbonyl (C=O) groups is 3. The summed E-state index contributed by atoms with van der Waals surface area (Å²) in [5.74, 6) is -3.84. The molecule has 0 aliphatic rings. The average Bonchev–Trinajstić information content (AvgIpc) is 2.67. The highest BCUT2D eigenvalue weighted by Crippen LogP contribution is 2.23. The molecule has 7 heteroatoms. The molecule has 0 radical (unpaired) electrons. The van der Waals surface area contributed by atoms with Gasteiger partial charge in [0.15, 0.2) is 5.92 Å². The number of carbonyl (C=O) groups excluding carboxylic acids is 3. The first kappa shape index (κ1) is 19.1. The molecule has 1 atom stereocenters. The third kappa shape index (κ3) is 4.44. The fraction of sp³-hybridized carbons (Fsp3) is 0.211. The van der Waals surface area contributed by atoms with Crippen LogP contribution in [0.15, 0.2) is 48.5 Å². The number of benzene rings is 2. The third-order valence-corrected chi connectivity index (χ3v) is 3.76. The highest BCUT2D eigenvalue weighted by atomic mass is 19.1. The standard InChI is InChI=1S/C19H18FNO5/c1-25-18(23)15-6-4-3-5-14(15)16(19(24)26-2)17(22)21-11-12-7-9-13(20)10-8-12/h3-10,16H,11H2,1-2H3,(H,21,22). The Kier molecular flexibility index (Phi) is 6.43. The molecule has 136 valence electrons. The zero-order valence-electron chi connectivity index (χ0n) is 14.3. The van der Waals surface area contributed by atoms with Crippen LogP contribution in [-0.2, 0) is 25.6 Å². The van der Waals surface area contributed by atoms with E-state index in [1.165, 1.54) is 43.5 Å². The highest BCUT2D eigenvalue weighted by molar-refractivity contribution is 6.06. The van der Waals surface area contributed by atoms with Crippen molar-refractivity contribution in [3.8, 4) is 0 Å². The van der Waals surface area contributed by atoms with Crippen LogP contribution < -0.4 is 5.32 Å². The van der Waals surface area contributed by atoms with E-state index < -0.39 is 23.8 Å². The van der Waals surface area contributed by atoms with E-state index in [-0.39, 0.29) is 23.5 Å². The molecule has 0 bridgehead atoms. The van der Waals surface area contributed by atoms with Gasteiger partial charge in [-0.15, -0.1) is 0 Å². The molecule has 0 aliphatic heterocycles. The maximum Gasteiger partial charge on any atom is 0.338 e. The Morgan fingerprint density at radius 2 is 1.65 bits per heavy atom. The molecule has 0 fully saturated rings. The lowest BCUT2D eigenvalue weighted by Crippen LogP contribution is -2.35. The van der Waals surface area contributed by atoms with Crippen molar-refractivity contribution in [1.29, 1.82) is 0 Å². The van der Waals surface area contributed by atoms with Gasteiger partial charge in [-0.1, -0.05) is 30.3 Å². The Balaban J connectivity index is 2.27. The minimum atomic E-state index is -1.34. The molecule has 0 spiro atoms. The predicted molar refractivity (Wildman–Crippen MR) is 90.8 cm³/mol. The highest BCUT2D eigenvalue weighted by Gasteiger charge is 2.32. The number of methoxy groups -OCH3 is 2. The first-order chi connectivity index (χ1) is 12.5. The van der Waals surface area contributed by atoms with E-state index in [1.54, 1.807) is 12.1 Å². The maximum atomic E-state index is 12.9. The van der Waals surface area contributed by atoms with Crippen molar-refractivity contribution < 1.29 is 28.2 Å². The number of ether oxygens (including phenoxy) is 2. The van der Waals surface area contributed by atoms with Gasteiger partial charge in [-0.2, -0.15) is 0 Å². The van der Waals surface area contributed by atoms with Crippen LogP contribution in [0.1, 0.15) is 27.4 Å². The molecule has 26 heavy (non-hydrogen) atoms. The van der Waals surface area contributed by atoms with Gasteiger partial charge < -0.3 is 14.8 Å². The number of nitrogens with one attached hydrogen (secondary N) is 1. The summed E-state index contributed by atoms with van der Waals surface area (Å²) in [5, 5.41) is 2.60. The van der Waals surface area contributed by atoms with Gasteiger partial charge in [0.25, 0.3) is 0 Å². The number of hydrogen-bond acceptors (Lipinski definition) is 5. The molecule has 6 nitrogen and oxygen atoms in total. The Labute approximate surface area is 149 Å².